The third-order valence-corrected chi connectivity index (χ3v) is 3.95. The van der Waals surface area contributed by atoms with Gasteiger partial charge in [0.25, 0.3) is 0 Å². The van der Waals surface area contributed by atoms with Crippen molar-refractivity contribution in [3.05, 3.63) is 72.6 Å². The predicted octanol–water partition coefficient (Wildman–Crippen LogP) is 4.51. The molecular weight excluding hydrogens is 314 g/mol. The van der Waals surface area contributed by atoms with Crippen molar-refractivity contribution in [3.8, 4) is 17.2 Å². The van der Waals surface area contributed by atoms with Gasteiger partial charge in [0.05, 0.1) is 12.8 Å². The first kappa shape index (κ1) is 15.2. The molecule has 0 spiro atoms. The minimum Gasteiger partial charge on any atom is -0.495 e. The minimum atomic E-state index is 0.591. The van der Waals surface area contributed by atoms with E-state index in [1.165, 1.54) is 0 Å². The molecule has 2 aromatic carbocycles. The Morgan fingerprint density at radius 3 is 2.80 bits per heavy atom. The molecule has 0 radical (unpaired) electrons. The van der Waals surface area contributed by atoms with E-state index in [4.69, 9.17) is 9.15 Å². The van der Waals surface area contributed by atoms with Crippen LogP contribution in [-0.2, 0) is 6.54 Å². The SMILES string of the molecule is COc1ccc(-c2nc3ccccc3o2)cc1NCc1cccnc1. The molecule has 2 aromatic heterocycles. The number of pyridine rings is 1. The molecule has 0 bridgehead atoms. The van der Waals surface area contributed by atoms with E-state index in [0.717, 1.165) is 33.7 Å². The predicted molar refractivity (Wildman–Crippen MR) is 97.6 cm³/mol. The van der Waals surface area contributed by atoms with E-state index in [-0.39, 0.29) is 0 Å². The van der Waals surface area contributed by atoms with Crippen LogP contribution in [0.3, 0.4) is 0 Å². The Bertz CT molecular complexity index is 963. The molecule has 0 unspecified atom stereocenters. The minimum absolute atomic E-state index is 0.591. The molecule has 4 aromatic rings. The second kappa shape index (κ2) is 6.65. The number of anilines is 1. The first-order valence-corrected chi connectivity index (χ1v) is 8.00. The van der Waals surface area contributed by atoms with E-state index in [9.17, 15) is 0 Å². The van der Waals surface area contributed by atoms with Gasteiger partial charge >= 0.3 is 0 Å². The van der Waals surface area contributed by atoms with E-state index < -0.39 is 0 Å². The molecule has 0 atom stereocenters. The number of aromatic nitrogens is 2. The van der Waals surface area contributed by atoms with Gasteiger partial charge in [-0.3, -0.25) is 4.98 Å². The van der Waals surface area contributed by atoms with Crippen LogP contribution in [0.4, 0.5) is 5.69 Å². The van der Waals surface area contributed by atoms with Crippen LogP contribution in [-0.4, -0.2) is 17.1 Å². The van der Waals surface area contributed by atoms with Crippen LogP contribution >= 0.6 is 0 Å². The highest BCUT2D eigenvalue weighted by atomic mass is 16.5. The number of para-hydroxylation sites is 2. The van der Waals surface area contributed by atoms with Crippen LogP contribution in [0, 0.1) is 0 Å². The van der Waals surface area contributed by atoms with Crippen LogP contribution < -0.4 is 10.1 Å². The topological polar surface area (TPSA) is 60.2 Å². The standard InChI is InChI=1S/C20H17N3O2/c1-24-18-9-8-15(20-23-16-6-2-3-7-19(16)25-20)11-17(18)22-13-14-5-4-10-21-12-14/h2-12,22H,13H2,1H3. The van der Waals surface area contributed by atoms with Crippen LogP contribution in [0.15, 0.2) is 71.4 Å². The number of hydrogen-bond acceptors (Lipinski definition) is 5. The first-order valence-electron chi connectivity index (χ1n) is 8.00. The van der Waals surface area contributed by atoms with Gasteiger partial charge in [-0.2, -0.15) is 0 Å². The van der Waals surface area contributed by atoms with Crippen LogP contribution in [0.25, 0.3) is 22.6 Å². The number of hydrogen-bond donors (Lipinski definition) is 1. The van der Waals surface area contributed by atoms with Gasteiger partial charge in [-0.15, -0.1) is 0 Å². The smallest absolute Gasteiger partial charge is 0.227 e. The van der Waals surface area contributed by atoms with Crippen molar-refractivity contribution in [2.45, 2.75) is 6.54 Å². The normalized spacial score (nSPS) is 10.8. The van der Waals surface area contributed by atoms with Crippen molar-refractivity contribution < 1.29 is 9.15 Å². The van der Waals surface area contributed by atoms with Gasteiger partial charge in [0.2, 0.25) is 5.89 Å². The van der Waals surface area contributed by atoms with Crippen molar-refractivity contribution in [2.75, 3.05) is 12.4 Å². The van der Waals surface area contributed by atoms with Crippen molar-refractivity contribution in [1.82, 2.24) is 9.97 Å². The van der Waals surface area contributed by atoms with Gasteiger partial charge < -0.3 is 14.5 Å². The van der Waals surface area contributed by atoms with Crippen molar-refractivity contribution in [2.24, 2.45) is 0 Å². The fourth-order valence-corrected chi connectivity index (χ4v) is 2.67. The third-order valence-electron chi connectivity index (χ3n) is 3.95. The maximum atomic E-state index is 5.86. The molecule has 124 valence electrons. The summed E-state index contributed by atoms with van der Waals surface area (Å²) in [5.74, 6) is 1.36. The first-order chi connectivity index (χ1) is 12.3. The highest BCUT2D eigenvalue weighted by molar-refractivity contribution is 5.77. The Morgan fingerprint density at radius 2 is 2.00 bits per heavy atom. The lowest BCUT2D eigenvalue weighted by atomic mass is 10.1. The van der Waals surface area contributed by atoms with Crippen molar-refractivity contribution >= 4 is 16.8 Å². The van der Waals surface area contributed by atoms with Gasteiger partial charge in [-0.1, -0.05) is 18.2 Å². The molecule has 0 aliphatic carbocycles. The number of rotatable bonds is 5. The molecule has 25 heavy (non-hydrogen) atoms. The molecule has 2 heterocycles. The fraction of sp³-hybridized carbons (Fsp3) is 0.100. The quantitative estimate of drug-likeness (QED) is 0.583. The largest absolute Gasteiger partial charge is 0.495 e. The lowest BCUT2D eigenvalue weighted by molar-refractivity contribution is 0.416. The van der Waals surface area contributed by atoms with E-state index >= 15 is 0 Å². The summed E-state index contributed by atoms with van der Waals surface area (Å²) in [5, 5.41) is 3.39. The summed E-state index contributed by atoms with van der Waals surface area (Å²) in [4.78, 5) is 8.69. The number of benzene rings is 2. The van der Waals surface area contributed by atoms with Crippen LogP contribution in [0.2, 0.25) is 0 Å². The number of oxazole rings is 1. The summed E-state index contributed by atoms with van der Waals surface area (Å²) < 4.78 is 11.3. The second-order valence-electron chi connectivity index (χ2n) is 5.62. The van der Waals surface area contributed by atoms with Crippen molar-refractivity contribution in [3.63, 3.8) is 0 Å². The summed E-state index contributed by atoms with van der Waals surface area (Å²) in [6, 6.07) is 17.5. The number of fused-ring (bicyclic) bond motifs is 1. The molecule has 0 fully saturated rings. The Kier molecular flexibility index (Phi) is 4.04. The summed E-state index contributed by atoms with van der Waals surface area (Å²) in [5.41, 5.74) is 4.49. The van der Waals surface area contributed by atoms with Crippen LogP contribution in [0.1, 0.15) is 5.56 Å². The molecule has 5 nitrogen and oxygen atoms in total. The lowest BCUT2D eigenvalue weighted by Crippen LogP contribution is -2.02. The second-order valence-corrected chi connectivity index (χ2v) is 5.62. The molecule has 0 saturated heterocycles. The van der Waals surface area contributed by atoms with Gasteiger partial charge in [0, 0.05) is 24.5 Å². The van der Waals surface area contributed by atoms with Gasteiger partial charge in [0.1, 0.15) is 11.3 Å². The molecule has 1 N–H and O–H groups in total. The van der Waals surface area contributed by atoms with Gasteiger partial charge in [-0.25, -0.2) is 4.98 Å². The van der Waals surface area contributed by atoms with Gasteiger partial charge in [-0.05, 0) is 42.0 Å². The Balaban J connectivity index is 1.65. The molecule has 0 amide bonds. The molecule has 4 rings (SSSR count). The number of ether oxygens (including phenoxy) is 1. The Labute approximate surface area is 145 Å². The third kappa shape index (κ3) is 3.17. The fourth-order valence-electron chi connectivity index (χ4n) is 2.67. The molecule has 0 aliphatic rings. The van der Waals surface area contributed by atoms with Gasteiger partial charge in [0.15, 0.2) is 5.58 Å². The summed E-state index contributed by atoms with van der Waals surface area (Å²) in [6.07, 6.45) is 3.60. The van der Waals surface area contributed by atoms with Crippen LogP contribution in [0.5, 0.6) is 5.75 Å². The van der Waals surface area contributed by atoms with E-state index in [1.807, 2.05) is 60.8 Å². The zero-order chi connectivity index (χ0) is 17.1. The van der Waals surface area contributed by atoms with Crippen molar-refractivity contribution in [1.29, 1.82) is 0 Å². The zero-order valence-corrected chi connectivity index (χ0v) is 13.8. The molecule has 5 heteroatoms. The Hall–Kier alpha value is -3.34. The Morgan fingerprint density at radius 1 is 1.08 bits per heavy atom. The average molecular weight is 331 g/mol. The molecule has 0 saturated carbocycles. The number of methoxy groups -OCH3 is 1. The summed E-state index contributed by atoms with van der Waals surface area (Å²) in [7, 11) is 1.66. The maximum Gasteiger partial charge on any atom is 0.227 e. The van der Waals surface area contributed by atoms with E-state index in [0.29, 0.717) is 12.4 Å². The highest BCUT2D eigenvalue weighted by Gasteiger charge is 2.11. The number of nitrogens with zero attached hydrogens (tertiary/aromatic N) is 2. The van der Waals surface area contributed by atoms with E-state index in [2.05, 4.69) is 15.3 Å². The monoisotopic (exact) mass is 331 g/mol. The maximum absolute atomic E-state index is 5.86. The highest BCUT2D eigenvalue weighted by Crippen LogP contribution is 2.32. The zero-order valence-electron chi connectivity index (χ0n) is 13.8. The molecular formula is C20H17N3O2. The van der Waals surface area contributed by atoms with E-state index in [1.54, 1.807) is 13.3 Å². The average Bonchev–Trinajstić information content (AvgIpc) is 3.11. The molecule has 0 aliphatic heterocycles. The summed E-state index contributed by atoms with van der Waals surface area (Å²) in [6.45, 7) is 0.654. The lowest BCUT2D eigenvalue weighted by Gasteiger charge is -2.12. The number of nitrogens with one attached hydrogen (secondary N) is 1. The summed E-state index contributed by atoms with van der Waals surface area (Å²) >= 11 is 0.